The van der Waals surface area contributed by atoms with Gasteiger partial charge >= 0.3 is 0 Å². The molecule has 0 aliphatic heterocycles. The highest BCUT2D eigenvalue weighted by Crippen LogP contribution is 2.33. The summed E-state index contributed by atoms with van der Waals surface area (Å²) in [7, 11) is 0. The molecule has 1 N–H and O–H groups in total. The third-order valence-electron chi connectivity index (χ3n) is 4.23. The van der Waals surface area contributed by atoms with E-state index in [1.807, 2.05) is 6.07 Å². The molecule has 0 radical (unpaired) electrons. The van der Waals surface area contributed by atoms with E-state index in [9.17, 15) is 0 Å². The molecule has 4 heteroatoms. The third kappa shape index (κ3) is 5.41. The molecule has 2 nitrogen and oxygen atoms in total. The van der Waals surface area contributed by atoms with Gasteiger partial charge in [0.1, 0.15) is 12.4 Å². The van der Waals surface area contributed by atoms with Crippen LogP contribution in [-0.4, -0.2) is 5.54 Å². The van der Waals surface area contributed by atoms with Gasteiger partial charge in [-0.3, -0.25) is 0 Å². The lowest BCUT2D eigenvalue weighted by molar-refractivity contribution is 0.299. The van der Waals surface area contributed by atoms with Crippen LogP contribution in [0.4, 0.5) is 0 Å². The van der Waals surface area contributed by atoms with Gasteiger partial charge in [-0.1, -0.05) is 60.0 Å². The van der Waals surface area contributed by atoms with E-state index in [0.29, 0.717) is 28.9 Å². The van der Waals surface area contributed by atoms with E-state index in [2.05, 4.69) is 57.3 Å². The van der Waals surface area contributed by atoms with E-state index in [1.165, 1.54) is 5.56 Å². The summed E-state index contributed by atoms with van der Waals surface area (Å²) in [5, 5.41) is 4.69. The molecule has 130 valence electrons. The first kappa shape index (κ1) is 19.1. The van der Waals surface area contributed by atoms with E-state index < -0.39 is 0 Å². The molecule has 0 unspecified atom stereocenters. The first-order valence-electron chi connectivity index (χ1n) is 8.22. The SMILES string of the molecule is CCC(C)(C)NCc1cc(Cl)cc(Cl)c1OCc1ccc(C)cc1. The Hall–Kier alpha value is -1.22. The van der Waals surface area contributed by atoms with Crippen LogP contribution in [0.3, 0.4) is 0 Å². The molecule has 0 spiro atoms. The van der Waals surface area contributed by atoms with Crippen molar-refractivity contribution in [2.45, 2.75) is 52.8 Å². The van der Waals surface area contributed by atoms with E-state index in [1.54, 1.807) is 6.07 Å². The van der Waals surface area contributed by atoms with Gasteiger partial charge in [0, 0.05) is 22.7 Å². The van der Waals surface area contributed by atoms with Crippen LogP contribution in [0.1, 0.15) is 43.9 Å². The predicted octanol–water partition coefficient (Wildman–Crippen LogP) is 6.16. The standard InChI is InChI=1S/C20H25Cl2NO/c1-5-20(3,4)23-12-16-10-17(21)11-18(22)19(16)24-13-15-8-6-14(2)7-9-15/h6-11,23H,5,12-13H2,1-4H3. The van der Waals surface area contributed by atoms with E-state index in [4.69, 9.17) is 27.9 Å². The Morgan fingerprint density at radius 2 is 1.75 bits per heavy atom. The summed E-state index contributed by atoms with van der Waals surface area (Å²) < 4.78 is 6.02. The smallest absolute Gasteiger partial charge is 0.142 e. The van der Waals surface area contributed by atoms with Gasteiger partial charge in [-0.05, 0) is 44.9 Å². The molecule has 2 aromatic carbocycles. The summed E-state index contributed by atoms with van der Waals surface area (Å²) in [5.41, 5.74) is 3.36. The lowest BCUT2D eigenvalue weighted by Gasteiger charge is -2.25. The molecule has 0 fully saturated rings. The summed E-state index contributed by atoms with van der Waals surface area (Å²) in [5.74, 6) is 0.695. The second-order valence-electron chi connectivity index (χ2n) is 6.74. The van der Waals surface area contributed by atoms with Crippen LogP contribution in [-0.2, 0) is 13.2 Å². The molecule has 0 heterocycles. The molecule has 0 aromatic heterocycles. The molecule has 24 heavy (non-hydrogen) atoms. The van der Waals surface area contributed by atoms with Crippen molar-refractivity contribution in [2.24, 2.45) is 0 Å². The zero-order valence-electron chi connectivity index (χ0n) is 14.7. The lowest BCUT2D eigenvalue weighted by atomic mass is 10.0. The molecule has 0 aliphatic rings. The molecule has 0 bridgehead atoms. The third-order valence-corrected chi connectivity index (χ3v) is 4.73. The fourth-order valence-electron chi connectivity index (χ4n) is 2.21. The number of halogens is 2. The Labute approximate surface area is 155 Å². The van der Waals surface area contributed by atoms with Crippen LogP contribution in [0.2, 0.25) is 10.0 Å². The highest BCUT2D eigenvalue weighted by molar-refractivity contribution is 6.35. The number of hydrogen-bond donors (Lipinski definition) is 1. The van der Waals surface area contributed by atoms with Gasteiger partial charge in [-0.25, -0.2) is 0 Å². The zero-order valence-corrected chi connectivity index (χ0v) is 16.3. The average Bonchev–Trinajstić information content (AvgIpc) is 2.53. The second kappa shape index (κ2) is 8.24. The van der Waals surface area contributed by atoms with E-state index >= 15 is 0 Å². The largest absolute Gasteiger partial charge is 0.487 e. The van der Waals surface area contributed by atoms with Crippen LogP contribution >= 0.6 is 23.2 Å². The van der Waals surface area contributed by atoms with Gasteiger partial charge in [0.2, 0.25) is 0 Å². The molecule has 0 saturated heterocycles. The minimum absolute atomic E-state index is 0.0447. The normalized spacial score (nSPS) is 11.6. The maximum atomic E-state index is 6.37. The summed E-state index contributed by atoms with van der Waals surface area (Å²) in [6, 6.07) is 11.9. The summed E-state index contributed by atoms with van der Waals surface area (Å²) in [4.78, 5) is 0. The Morgan fingerprint density at radius 3 is 2.38 bits per heavy atom. The molecular formula is C20H25Cl2NO. The van der Waals surface area contributed by atoms with Gasteiger partial charge in [-0.2, -0.15) is 0 Å². The van der Waals surface area contributed by atoms with Gasteiger partial charge in [0.05, 0.1) is 5.02 Å². The monoisotopic (exact) mass is 365 g/mol. The predicted molar refractivity (Wildman–Crippen MR) is 103 cm³/mol. The van der Waals surface area contributed by atoms with Gasteiger partial charge in [0.25, 0.3) is 0 Å². The van der Waals surface area contributed by atoms with Crippen molar-refractivity contribution in [1.29, 1.82) is 0 Å². The van der Waals surface area contributed by atoms with Crippen LogP contribution in [0, 0.1) is 6.92 Å². The van der Waals surface area contributed by atoms with Gasteiger partial charge in [0.15, 0.2) is 0 Å². The first-order valence-corrected chi connectivity index (χ1v) is 8.97. The number of aryl methyl sites for hydroxylation is 1. The number of nitrogens with one attached hydrogen (secondary N) is 1. The highest BCUT2D eigenvalue weighted by atomic mass is 35.5. The molecular weight excluding hydrogens is 341 g/mol. The van der Waals surface area contributed by atoms with E-state index in [0.717, 1.165) is 17.5 Å². The summed E-state index contributed by atoms with van der Waals surface area (Å²) in [6.45, 7) is 9.71. The van der Waals surface area contributed by atoms with Crippen LogP contribution in [0.25, 0.3) is 0 Å². The van der Waals surface area contributed by atoms with Crippen molar-refractivity contribution in [2.75, 3.05) is 0 Å². The molecule has 0 atom stereocenters. The maximum Gasteiger partial charge on any atom is 0.142 e. The minimum Gasteiger partial charge on any atom is -0.487 e. The van der Waals surface area contributed by atoms with Gasteiger partial charge < -0.3 is 10.1 Å². The Kier molecular flexibility index (Phi) is 6.56. The molecule has 2 rings (SSSR count). The maximum absolute atomic E-state index is 6.37. The molecule has 2 aromatic rings. The topological polar surface area (TPSA) is 21.3 Å². The summed E-state index contributed by atoms with van der Waals surface area (Å²) >= 11 is 12.5. The number of ether oxygens (including phenoxy) is 1. The molecule has 0 saturated carbocycles. The second-order valence-corrected chi connectivity index (χ2v) is 7.58. The summed E-state index contributed by atoms with van der Waals surface area (Å²) in [6.07, 6.45) is 1.03. The quantitative estimate of drug-likeness (QED) is 0.634. The zero-order chi connectivity index (χ0) is 17.7. The lowest BCUT2D eigenvalue weighted by Crippen LogP contribution is -2.37. The van der Waals surface area contributed by atoms with Crippen molar-refractivity contribution in [3.63, 3.8) is 0 Å². The van der Waals surface area contributed by atoms with Crippen molar-refractivity contribution in [1.82, 2.24) is 5.32 Å². The number of benzene rings is 2. The van der Waals surface area contributed by atoms with E-state index in [-0.39, 0.29) is 5.54 Å². The van der Waals surface area contributed by atoms with Gasteiger partial charge in [-0.15, -0.1) is 0 Å². The van der Waals surface area contributed by atoms with Crippen LogP contribution in [0.15, 0.2) is 36.4 Å². The Bertz CT molecular complexity index is 681. The van der Waals surface area contributed by atoms with Crippen molar-refractivity contribution in [3.05, 3.63) is 63.1 Å². The fourth-order valence-corrected chi connectivity index (χ4v) is 2.80. The van der Waals surface area contributed by atoms with Crippen LogP contribution < -0.4 is 10.1 Å². The Morgan fingerprint density at radius 1 is 1.08 bits per heavy atom. The molecule has 0 amide bonds. The van der Waals surface area contributed by atoms with Crippen LogP contribution in [0.5, 0.6) is 5.75 Å². The number of rotatable bonds is 7. The average molecular weight is 366 g/mol. The minimum atomic E-state index is 0.0447. The van der Waals surface area contributed by atoms with Crippen molar-refractivity contribution in [3.8, 4) is 5.75 Å². The first-order chi connectivity index (χ1) is 11.3. The number of hydrogen-bond acceptors (Lipinski definition) is 2. The van der Waals surface area contributed by atoms with Crippen molar-refractivity contribution >= 4 is 23.2 Å². The fraction of sp³-hybridized carbons (Fsp3) is 0.400. The Balaban J connectivity index is 2.16. The highest BCUT2D eigenvalue weighted by Gasteiger charge is 2.17. The molecule has 0 aliphatic carbocycles. The van der Waals surface area contributed by atoms with Crippen molar-refractivity contribution < 1.29 is 4.74 Å².